The fourth-order valence-corrected chi connectivity index (χ4v) is 1.66. The number of nitrogens with two attached hydrogens (primary N) is 1. The number of hydrogen-bond donors (Lipinski definition) is 3. The van der Waals surface area contributed by atoms with E-state index >= 15 is 0 Å². The summed E-state index contributed by atoms with van der Waals surface area (Å²) in [6.45, 7) is 0. The van der Waals surface area contributed by atoms with Crippen molar-refractivity contribution in [3.05, 3.63) is 63.9 Å². The monoisotopic (exact) mass is 338 g/mol. The molecular formula is C14H12BrFN2O2. The van der Waals surface area contributed by atoms with E-state index in [2.05, 4.69) is 15.9 Å². The van der Waals surface area contributed by atoms with Gasteiger partial charge in [-0.25, -0.2) is 4.39 Å². The second-order valence-corrected chi connectivity index (χ2v) is 4.64. The van der Waals surface area contributed by atoms with E-state index in [9.17, 15) is 9.18 Å². The highest BCUT2D eigenvalue weighted by Gasteiger charge is 1.98. The lowest BCUT2D eigenvalue weighted by Crippen LogP contribution is -2.10. The van der Waals surface area contributed by atoms with Crippen molar-refractivity contribution in [2.24, 2.45) is 5.73 Å². The zero-order valence-electron chi connectivity index (χ0n) is 10.3. The molecule has 0 unspecified atom stereocenters. The summed E-state index contributed by atoms with van der Waals surface area (Å²) in [4.78, 5) is 10.4. The van der Waals surface area contributed by atoms with Gasteiger partial charge in [0.15, 0.2) is 0 Å². The number of benzene rings is 2. The number of phenolic OH excluding ortho intramolecular Hbond substituents is 1. The average molecular weight is 339 g/mol. The van der Waals surface area contributed by atoms with Crippen LogP contribution in [0.2, 0.25) is 0 Å². The molecule has 2 rings (SSSR count). The summed E-state index contributed by atoms with van der Waals surface area (Å²) in [6, 6.07) is 10.2. The van der Waals surface area contributed by atoms with Gasteiger partial charge in [-0.1, -0.05) is 22.0 Å². The maximum absolute atomic E-state index is 12.3. The minimum atomic E-state index is -0.612. The lowest BCUT2D eigenvalue weighted by molar-refractivity contribution is 0.1000. The quantitative estimate of drug-likeness (QED) is 0.735. The van der Waals surface area contributed by atoms with Gasteiger partial charge in [0, 0.05) is 21.8 Å². The summed E-state index contributed by atoms with van der Waals surface area (Å²) < 4.78 is 13.2. The lowest BCUT2D eigenvalue weighted by atomic mass is 10.2. The van der Waals surface area contributed by atoms with Crippen LogP contribution < -0.4 is 5.73 Å². The Morgan fingerprint density at radius 3 is 2.45 bits per heavy atom. The molecule has 104 valence electrons. The topological polar surface area (TPSA) is 87.2 Å². The summed E-state index contributed by atoms with van der Waals surface area (Å²) in [5.74, 6) is -0.922. The third-order valence-electron chi connectivity index (χ3n) is 2.25. The Morgan fingerprint density at radius 2 is 2.00 bits per heavy atom. The van der Waals surface area contributed by atoms with Crippen LogP contribution in [0.3, 0.4) is 0 Å². The van der Waals surface area contributed by atoms with Crippen LogP contribution in [0.4, 0.5) is 4.39 Å². The first-order valence-electron chi connectivity index (χ1n) is 5.48. The Balaban J connectivity index is 0.000000200. The van der Waals surface area contributed by atoms with Crippen molar-refractivity contribution >= 4 is 28.1 Å². The molecule has 0 saturated carbocycles. The molecule has 4 N–H and O–H groups in total. The number of amides is 1. The van der Waals surface area contributed by atoms with E-state index in [0.717, 1.165) is 16.8 Å². The second-order valence-electron chi connectivity index (χ2n) is 3.72. The number of carbonyl (C=O) groups excluding carboxylic acids is 1. The normalized spacial score (nSPS) is 9.30. The maximum Gasteiger partial charge on any atom is 0.248 e. The van der Waals surface area contributed by atoms with Crippen LogP contribution in [0.1, 0.15) is 15.9 Å². The fraction of sp³-hybridized carbons (Fsp3) is 0. The van der Waals surface area contributed by atoms with Gasteiger partial charge in [0.05, 0.1) is 0 Å². The molecule has 0 aliphatic rings. The third kappa shape index (κ3) is 4.81. The van der Waals surface area contributed by atoms with Gasteiger partial charge >= 0.3 is 0 Å². The van der Waals surface area contributed by atoms with Gasteiger partial charge in [-0.15, -0.1) is 0 Å². The summed E-state index contributed by atoms with van der Waals surface area (Å²) in [7, 11) is 0. The summed E-state index contributed by atoms with van der Waals surface area (Å²) in [6.07, 6.45) is 1.11. The zero-order valence-corrected chi connectivity index (χ0v) is 11.9. The number of halogens is 2. The van der Waals surface area contributed by atoms with Crippen molar-refractivity contribution in [1.29, 1.82) is 5.41 Å². The van der Waals surface area contributed by atoms with Crippen molar-refractivity contribution < 1.29 is 14.3 Å². The van der Waals surface area contributed by atoms with Crippen LogP contribution in [-0.4, -0.2) is 17.2 Å². The highest BCUT2D eigenvalue weighted by atomic mass is 79.9. The van der Waals surface area contributed by atoms with Crippen LogP contribution in [-0.2, 0) is 0 Å². The molecule has 6 heteroatoms. The number of nitrogens with one attached hydrogen (secondary N) is 1. The first kappa shape index (κ1) is 15.8. The Morgan fingerprint density at radius 1 is 1.30 bits per heavy atom. The minimum absolute atomic E-state index is 0.137. The predicted octanol–water partition coefficient (Wildman–Crippen LogP) is 3.08. The first-order chi connectivity index (χ1) is 9.43. The van der Waals surface area contributed by atoms with Crippen molar-refractivity contribution in [2.75, 3.05) is 0 Å². The molecule has 0 bridgehead atoms. The Hall–Kier alpha value is -2.21. The highest BCUT2D eigenvalue weighted by molar-refractivity contribution is 9.10. The van der Waals surface area contributed by atoms with Gasteiger partial charge in [0.2, 0.25) is 5.91 Å². The summed E-state index contributed by atoms with van der Waals surface area (Å²) in [5.41, 5.74) is 5.59. The van der Waals surface area contributed by atoms with Crippen LogP contribution in [0, 0.1) is 11.2 Å². The Labute approximate surface area is 123 Å². The lowest BCUT2D eigenvalue weighted by Gasteiger charge is -1.96. The highest BCUT2D eigenvalue weighted by Crippen LogP contribution is 2.19. The van der Waals surface area contributed by atoms with Crippen molar-refractivity contribution in [3.8, 4) is 5.75 Å². The predicted molar refractivity (Wildman–Crippen MR) is 78.6 cm³/mol. The molecular weight excluding hydrogens is 327 g/mol. The maximum atomic E-state index is 12.3. The SMILES string of the molecule is N=Cc1cc(Br)ccc1O.NC(=O)c1cccc(F)c1. The molecule has 20 heavy (non-hydrogen) atoms. The molecule has 2 aromatic carbocycles. The van der Waals surface area contributed by atoms with E-state index in [4.69, 9.17) is 16.2 Å². The van der Waals surface area contributed by atoms with Gasteiger partial charge in [0.25, 0.3) is 0 Å². The number of primary amides is 1. The van der Waals surface area contributed by atoms with Gasteiger partial charge in [-0.2, -0.15) is 0 Å². The third-order valence-corrected chi connectivity index (χ3v) is 2.75. The van der Waals surface area contributed by atoms with Gasteiger partial charge in [-0.3, -0.25) is 4.79 Å². The van der Waals surface area contributed by atoms with Crippen LogP contribution in [0.25, 0.3) is 0 Å². The Bertz CT molecular complexity index is 632. The molecule has 1 amide bonds. The van der Waals surface area contributed by atoms with Gasteiger partial charge in [0.1, 0.15) is 11.6 Å². The zero-order chi connectivity index (χ0) is 15.1. The second kappa shape index (κ2) is 7.40. The van der Waals surface area contributed by atoms with E-state index in [0.29, 0.717) is 5.56 Å². The number of rotatable bonds is 2. The molecule has 0 heterocycles. The van der Waals surface area contributed by atoms with E-state index in [1.807, 2.05) is 0 Å². The number of carbonyl (C=O) groups is 1. The number of hydrogen-bond acceptors (Lipinski definition) is 3. The minimum Gasteiger partial charge on any atom is -0.507 e. The molecule has 0 atom stereocenters. The molecule has 0 fully saturated rings. The molecule has 0 saturated heterocycles. The van der Waals surface area contributed by atoms with E-state index in [1.165, 1.54) is 18.2 Å². The van der Waals surface area contributed by atoms with Gasteiger partial charge < -0.3 is 16.2 Å². The standard InChI is InChI=1S/C7H6BrNO.C7H6FNO/c8-6-1-2-7(10)5(3-6)4-9;8-6-3-1-2-5(4-6)7(9)10/h1-4,9-10H;1-4H,(H2,9,10). The summed E-state index contributed by atoms with van der Waals surface area (Å²) >= 11 is 3.22. The molecule has 4 nitrogen and oxygen atoms in total. The molecule has 0 aliphatic heterocycles. The molecule has 2 aromatic rings. The van der Waals surface area contributed by atoms with Crippen LogP contribution in [0.5, 0.6) is 5.75 Å². The van der Waals surface area contributed by atoms with Crippen molar-refractivity contribution in [2.45, 2.75) is 0 Å². The summed E-state index contributed by atoms with van der Waals surface area (Å²) in [5, 5.41) is 15.9. The average Bonchev–Trinajstić information content (AvgIpc) is 2.42. The molecule has 0 spiro atoms. The van der Waals surface area contributed by atoms with Crippen molar-refractivity contribution in [1.82, 2.24) is 0 Å². The molecule has 0 aliphatic carbocycles. The van der Waals surface area contributed by atoms with Crippen LogP contribution >= 0.6 is 15.9 Å². The van der Waals surface area contributed by atoms with Gasteiger partial charge in [-0.05, 0) is 36.4 Å². The van der Waals surface area contributed by atoms with Crippen LogP contribution in [0.15, 0.2) is 46.9 Å². The Kier molecular flexibility index (Phi) is 5.86. The number of aromatic hydroxyl groups is 1. The first-order valence-corrected chi connectivity index (χ1v) is 6.27. The van der Waals surface area contributed by atoms with E-state index < -0.39 is 11.7 Å². The number of phenols is 1. The fourth-order valence-electron chi connectivity index (χ4n) is 1.28. The molecule has 0 radical (unpaired) electrons. The van der Waals surface area contributed by atoms with E-state index in [-0.39, 0.29) is 11.3 Å². The van der Waals surface area contributed by atoms with E-state index in [1.54, 1.807) is 18.2 Å². The molecule has 0 aromatic heterocycles. The van der Waals surface area contributed by atoms with Crippen molar-refractivity contribution in [3.63, 3.8) is 0 Å². The smallest absolute Gasteiger partial charge is 0.248 e. The largest absolute Gasteiger partial charge is 0.507 e.